The van der Waals surface area contributed by atoms with Gasteiger partial charge in [-0.15, -0.1) is 0 Å². The summed E-state index contributed by atoms with van der Waals surface area (Å²) in [6.07, 6.45) is -18.2. The summed E-state index contributed by atoms with van der Waals surface area (Å²) >= 11 is 0. The van der Waals surface area contributed by atoms with Crippen LogP contribution in [0.25, 0.3) is 0 Å². The normalized spacial score (nSPS) is 58.0. The average molecular weight is 1000 g/mol. The average Bonchev–Trinajstić information content (AvgIpc) is 3.78. The van der Waals surface area contributed by atoms with Crippen LogP contribution in [-0.4, -0.2) is 206 Å². The van der Waals surface area contributed by atoms with Gasteiger partial charge in [0.05, 0.1) is 44.2 Å². The van der Waals surface area contributed by atoms with Crippen LogP contribution in [0, 0.1) is 46.3 Å². The third-order valence-corrected chi connectivity index (χ3v) is 19.4. The van der Waals surface area contributed by atoms with Gasteiger partial charge in [0.15, 0.2) is 30.9 Å². The number of hydrogen-bond donors (Lipinski definition) is 10. The molecular weight excluding hydrogens is 921 g/mol. The molecule has 20 nitrogen and oxygen atoms in total. The molecule has 3 saturated carbocycles. The Labute approximate surface area is 409 Å². The van der Waals surface area contributed by atoms with Gasteiger partial charge in [0, 0.05) is 12.3 Å². The standard InChI is InChI=1S/C50H80O20/c1-20-9-14-50(62-18-20)21(2)32-30(70-50)16-28-26-8-7-24-15-25(10-12-48(24,5)27(26)11-13-49(28,32)6)65-47-43(69-45-38(58)36(56)33(53)22(3)63-45)39(59)41(31(17-51)66-47)67-46-40(60)42(34(54)23(4)64-46)68-44-37(57)35(55)29(52)19-61-44/h7,20-23,25-47,51-60H,8-19H2,1-6H3/t20-,21+,22+,23-,25+,26+,27+,28+,29-,30+,31-,32+,33-,34-,35+,36-,37-,38-,39+,40-,41+,42-,43-,44+,45+,46+,47-,48+,49+,50-/m1/s1. The van der Waals surface area contributed by atoms with E-state index in [1.54, 1.807) is 0 Å². The maximum absolute atomic E-state index is 12.3. The highest BCUT2D eigenvalue weighted by molar-refractivity contribution is 5.26. The molecule has 10 rings (SSSR count). The van der Waals surface area contributed by atoms with Crippen molar-refractivity contribution in [2.45, 2.75) is 234 Å². The molecule has 10 N–H and O–H groups in total. The Morgan fingerprint density at radius 3 is 2.03 bits per heavy atom. The summed E-state index contributed by atoms with van der Waals surface area (Å²) in [5.74, 6) is 2.46. The Kier molecular flexibility index (Phi) is 14.8. The Hall–Kier alpha value is -1.06. The van der Waals surface area contributed by atoms with E-state index in [2.05, 4.69) is 33.8 Å². The molecule has 6 heterocycles. The lowest BCUT2D eigenvalue weighted by atomic mass is 9.47. The zero-order valence-electron chi connectivity index (χ0n) is 41.2. The van der Waals surface area contributed by atoms with Crippen LogP contribution in [0.5, 0.6) is 0 Å². The molecule has 10 aliphatic rings. The molecule has 4 aliphatic carbocycles. The molecule has 70 heavy (non-hydrogen) atoms. The number of fused-ring (bicyclic) bond motifs is 7. The molecule has 0 aromatic rings. The first kappa shape index (κ1) is 52.4. The van der Waals surface area contributed by atoms with E-state index in [0.717, 1.165) is 51.6 Å². The first-order valence-corrected chi connectivity index (χ1v) is 26.1. The third kappa shape index (κ3) is 8.79. The fraction of sp³-hybridized carbons (Fsp3) is 0.960. The minimum absolute atomic E-state index is 0.0595. The second-order valence-corrected chi connectivity index (χ2v) is 23.4. The van der Waals surface area contributed by atoms with Crippen LogP contribution < -0.4 is 0 Å². The molecule has 9 fully saturated rings. The van der Waals surface area contributed by atoms with Crippen LogP contribution in [-0.2, 0) is 47.4 Å². The summed E-state index contributed by atoms with van der Waals surface area (Å²) in [6, 6.07) is 0. The molecule has 6 aliphatic heterocycles. The van der Waals surface area contributed by atoms with Gasteiger partial charge in [0.1, 0.15) is 79.4 Å². The van der Waals surface area contributed by atoms with E-state index in [9.17, 15) is 51.1 Å². The molecule has 0 radical (unpaired) electrons. The molecule has 0 aromatic heterocycles. The molecule has 1 spiro atoms. The van der Waals surface area contributed by atoms with Crippen molar-refractivity contribution < 1.29 is 98.4 Å². The van der Waals surface area contributed by atoms with Gasteiger partial charge in [-0.05, 0) is 106 Å². The summed E-state index contributed by atoms with van der Waals surface area (Å²) < 4.78 is 62.0. The molecule has 0 unspecified atom stereocenters. The van der Waals surface area contributed by atoms with Crippen molar-refractivity contribution in [3.05, 3.63) is 11.6 Å². The van der Waals surface area contributed by atoms with Crippen molar-refractivity contribution in [1.29, 1.82) is 0 Å². The molecule has 0 amide bonds. The summed E-state index contributed by atoms with van der Waals surface area (Å²) in [5, 5.41) is 109. The van der Waals surface area contributed by atoms with Crippen molar-refractivity contribution in [2.75, 3.05) is 19.8 Å². The first-order valence-electron chi connectivity index (χ1n) is 26.1. The van der Waals surface area contributed by atoms with Gasteiger partial charge in [-0.3, -0.25) is 0 Å². The molecule has 0 bridgehead atoms. The monoisotopic (exact) mass is 1000 g/mol. The fourth-order valence-corrected chi connectivity index (χ4v) is 15.2. The van der Waals surface area contributed by atoms with Gasteiger partial charge in [-0.25, -0.2) is 0 Å². The summed E-state index contributed by atoms with van der Waals surface area (Å²) in [7, 11) is 0. The summed E-state index contributed by atoms with van der Waals surface area (Å²) in [4.78, 5) is 0. The number of ether oxygens (including phenoxy) is 10. The lowest BCUT2D eigenvalue weighted by molar-refractivity contribution is -0.393. The van der Waals surface area contributed by atoms with E-state index in [4.69, 9.17) is 47.4 Å². The summed E-state index contributed by atoms with van der Waals surface area (Å²) in [5.41, 5.74) is 1.43. The van der Waals surface area contributed by atoms with E-state index in [0.29, 0.717) is 48.3 Å². The Bertz CT molecular complexity index is 1850. The highest BCUT2D eigenvalue weighted by Gasteiger charge is 2.69. The second kappa shape index (κ2) is 19.8. The highest BCUT2D eigenvalue weighted by atomic mass is 16.8. The van der Waals surface area contributed by atoms with Crippen molar-refractivity contribution in [3.63, 3.8) is 0 Å². The lowest BCUT2D eigenvalue weighted by Gasteiger charge is -2.59. The molecule has 20 heteroatoms. The van der Waals surface area contributed by atoms with E-state index >= 15 is 0 Å². The van der Waals surface area contributed by atoms with Crippen molar-refractivity contribution in [1.82, 2.24) is 0 Å². The molecule has 30 atom stereocenters. The minimum Gasteiger partial charge on any atom is -0.394 e. The predicted molar refractivity (Wildman–Crippen MR) is 239 cm³/mol. The van der Waals surface area contributed by atoms with Crippen LogP contribution in [0.1, 0.15) is 99.3 Å². The molecular formula is C50H80O20. The van der Waals surface area contributed by atoms with Crippen molar-refractivity contribution in [3.8, 4) is 0 Å². The summed E-state index contributed by atoms with van der Waals surface area (Å²) in [6.45, 7) is 12.2. The van der Waals surface area contributed by atoms with Crippen molar-refractivity contribution >= 4 is 0 Å². The molecule has 6 saturated heterocycles. The Balaban J connectivity index is 0.850. The SMILES string of the molecule is C[C@@H]1CC[C@@]2(OC1)O[C@H]1C[C@H]3[C@H]4CC=C5C[C@@H](O[C@@H]6O[C@H](CO)[C@H](O[C@@H]7O[C@H](C)[C@@H](O)[C@@H](O[C@@H]8OC[C@@H](O)[C@H](O)[C@H]8O)[C@H]7O)[C@H](O)[C@H]6O[C@@H]6O[C@@H](C)[C@@H](O)[C@@H](O)[C@H]6O)CC[C@]5(C)[C@H]4CC[C@]3(C)[C@H]1[C@@H]2C. The van der Waals surface area contributed by atoms with Gasteiger partial charge in [0.2, 0.25) is 0 Å². The lowest BCUT2D eigenvalue weighted by Crippen LogP contribution is -2.67. The van der Waals surface area contributed by atoms with Crippen LogP contribution in [0.2, 0.25) is 0 Å². The zero-order chi connectivity index (χ0) is 49.9. The van der Waals surface area contributed by atoms with Gasteiger partial charge in [0.25, 0.3) is 0 Å². The number of aliphatic hydroxyl groups excluding tert-OH is 10. The van der Waals surface area contributed by atoms with E-state index in [1.165, 1.54) is 19.4 Å². The zero-order valence-corrected chi connectivity index (χ0v) is 41.2. The number of rotatable bonds is 9. The highest BCUT2D eigenvalue weighted by Crippen LogP contribution is 2.70. The van der Waals surface area contributed by atoms with Crippen LogP contribution >= 0.6 is 0 Å². The van der Waals surface area contributed by atoms with Crippen LogP contribution in [0.4, 0.5) is 0 Å². The topological polar surface area (TPSA) is 295 Å². The molecule has 400 valence electrons. The second-order valence-electron chi connectivity index (χ2n) is 23.4. The number of allylic oxidation sites excluding steroid dienone is 1. The van der Waals surface area contributed by atoms with Gasteiger partial charge in [-0.2, -0.15) is 0 Å². The quantitative estimate of drug-likeness (QED) is 0.133. The molecule has 0 aromatic carbocycles. The van der Waals surface area contributed by atoms with Gasteiger partial charge >= 0.3 is 0 Å². The predicted octanol–water partition coefficient (Wildman–Crippen LogP) is -0.295. The van der Waals surface area contributed by atoms with E-state index in [1.807, 2.05) is 0 Å². The maximum Gasteiger partial charge on any atom is 0.187 e. The van der Waals surface area contributed by atoms with Crippen LogP contribution in [0.15, 0.2) is 11.6 Å². The minimum atomic E-state index is -1.82. The number of hydrogen-bond acceptors (Lipinski definition) is 20. The van der Waals surface area contributed by atoms with Crippen LogP contribution in [0.3, 0.4) is 0 Å². The third-order valence-electron chi connectivity index (χ3n) is 19.4. The number of aliphatic hydroxyl groups is 10. The largest absolute Gasteiger partial charge is 0.394 e. The smallest absolute Gasteiger partial charge is 0.187 e. The van der Waals surface area contributed by atoms with E-state index < -0.39 is 142 Å². The van der Waals surface area contributed by atoms with Crippen molar-refractivity contribution in [2.24, 2.45) is 46.3 Å². The Morgan fingerprint density at radius 1 is 0.629 bits per heavy atom. The van der Waals surface area contributed by atoms with Gasteiger partial charge < -0.3 is 98.4 Å². The maximum atomic E-state index is 12.3. The fourth-order valence-electron chi connectivity index (χ4n) is 15.2. The van der Waals surface area contributed by atoms with Gasteiger partial charge in [-0.1, -0.05) is 39.3 Å². The Morgan fingerprint density at radius 2 is 1.31 bits per heavy atom. The first-order chi connectivity index (χ1) is 33.2. The van der Waals surface area contributed by atoms with E-state index in [-0.39, 0.29) is 16.9 Å².